The van der Waals surface area contributed by atoms with Gasteiger partial charge in [0.15, 0.2) is 0 Å². The number of nitrogens with two attached hydrogens (primary N) is 1. The lowest BCUT2D eigenvalue weighted by molar-refractivity contribution is -0.122. The van der Waals surface area contributed by atoms with E-state index in [4.69, 9.17) is 5.73 Å². The van der Waals surface area contributed by atoms with E-state index in [1.807, 2.05) is 0 Å². The first-order valence-corrected chi connectivity index (χ1v) is 6.26. The summed E-state index contributed by atoms with van der Waals surface area (Å²) in [5.41, 5.74) is 5.77. The van der Waals surface area contributed by atoms with Crippen molar-refractivity contribution in [3.05, 3.63) is 0 Å². The Labute approximate surface area is 99.6 Å². The molecule has 0 fully saturated rings. The number of hydrogen-bond acceptors (Lipinski definition) is 3. The molecule has 0 saturated carbocycles. The molecule has 0 aliphatic rings. The number of nitrogens with zero attached hydrogens (tertiary/aromatic N) is 1. The van der Waals surface area contributed by atoms with Gasteiger partial charge >= 0.3 is 0 Å². The minimum atomic E-state index is -0.364. The number of rotatable bonds is 8. The van der Waals surface area contributed by atoms with E-state index < -0.39 is 0 Å². The molecule has 0 heterocycles. The van der Waals surface area contributed by atoms with Crippen LogP contribution in [0.25, 0.3) is 0 Å². The highest BCUT2D eigenvalue weighted by molar-refractivity contribution is 5.81. The van der Waals surface area contributed by atoms with Gasteiger partial charge < -0.3 is 16.0 Å². The minimum absolute atomic E-state index is 0.0270. The lowest BCUT2D eigenvalue weighted by Crippen LogP contribution is -2.44. The third kappa shape index (κ3) is 6.80. The van der Waals surface area contributed by atoms with Crippen LogP contribution in [0.2, 0.25) is 0 Å². The molecule has 0 aromatic carbocycles. The van der Waals surface area contributed by atoms with Crippen molar-refractivity contribution in [3.63, 3.8) is 0 Å². The molecule has 0 rings (SSSR count). The highest BCUT2D eigenvalue weighted by Gasteiger charge is 2.14. The zero-order chi connectivity index (χ0) is 12.6. The normalized spacial score (nSPS) is 13.2. The third-order valence-corrected chi connectivity index (χ3v) is 2.68. The highest BCUT2D eigenvalue weighted by atomic mass is 16.2. The van der Waals surface area contributed by atoms with Gasteiger partial charge in [0.05, 0.1) is 6.04 Å². The summed E-state index contributed by atoms with van der Waals surface area (Å²) < 4.78 is 0. The van der Waals surface area contributed by atoms with Crippen molar-refractivity contribution < 1.29 is 4.79 Å². The van der Waals surface area contributed by atoms with Crippen LogP contribution in [0.4, 0.5) is 0 Å². The van der Waals surface area contributed by atoms with Gasteiger partial charge in [-0.25, -0.2) is 0 Å². The lowest BCUT2D eigenvalue weighted by Gasteiger charge is -2.19. The van der Waals surface area contributed by atoms with Gasteiger partial charge in [-0.05, 0) is 25.4 Å². The Bertz CT molecular complexity index is 191. The summed E-state index contributed by atoms with van der Waals surface area (Å²) in [5.74, 6) is 0.435. The van der Waals surface area contributed by atoms with Gasteiger partial charge in [-0.15, -0.1) is 0 Å². The summed E-state index contributed by atoms with van der Waals surface area (Å²) >= 11 is 0. The SMILES string of the molecule is CCN(CC)CCNC(=O)[C@@H](N)CC(C)C. The molecule has 16 heavy (non-hydrogen) atoms. The second-order valence-electron chi connectivity index (χ2n) is 4.55. The number of hydrogen-bond donors (Lipinski definition) is 2. The third-order valence-electron chi connectivity index (χ3n) is 2.68. The molecule has 0 spiro atoms. The zero-order valence-corrected chi connectivity index (χ0v) is 11.1. The predicted molar refractivity (Wildman–Crippen MR) is 68.2 cm³/mol. The maximum absolute atomic E-state index is 11.6. The van der Waals surface area contributed by atoms with Crippen LogP contribution in [0.3, 0.4) is 0 Å². The molecule has 1 atom stereocenters. The minimum Gasteiger partial charge on any atom is -0.353 e. The van der Waals surface area contributed by atoms with Crippen LogP contribution in [0.15, 0.2) is 0 Å². The fourth-order valence-corrected chi connectivity index (χ4v) is 1.62. The fraction of sp³-hybridized carbons (Fsp3) is 0.917. The summed E-state index contributed by atoms with van der Waals surface area (Å²) in [6.45, 7) is 12.0. The molecule has 0 aromatic heterocycles. The number of nitrogens with one attached hydrogen (secondary N) is 1. The van der Waals surface area contributed by atoms with Crippen molar-refractivity contribution >= 4 is 5.91 Å². The Morgan fingerprint density at radius 3 is 2.31 bits per heavy atom. The van der Waals surface area contributed by atoms with Gasteiger partial charge in [0, 0.05) is 13.1 Å². The molecule has 4 nitrogen and oxygen atoms in total. The lowest BCUT2D eigenvalue weighted by atomic mass is 10.0. The Kier molecular flexibility index (Phi) is 8.21. The van der Waals surface area contributed by atoms with E-state index >= 15 is 0 Å². The molecule has 0 unspecified atom stereocenters. The molecule has 0 saturated heterocycles. The van der Waals surface area contributed by atoms with Crippen molar-refractivity contribution in [2.45, 2.75) is 40.2 Å². The second kappa shape index (κ2) is 8.53. The van der Waals surface area contributed by atoms with E-state index in [0.29, 0.717) is 12.5 Å². The molecular formula is C12H27N3O. The smallest absolute Gasteiger partial charge is 0.236 e. The summed E-state index contributed by atoms with van der Waals surface area (Å²) in [6.07, 6.45) is 0.747. The average Bonchev–Trinajstić information content (AvgIpc) is 2.23. The molecule has 96 valence electrons. The molecule has 0 bridgehead atoms. The van der Waals surface area contributed by atoms with Crippen molar-refractivity contribution in [2.24, 2.45) is 11.7 Å². The summed E-state index contributed by atoms with van der Waals surface area (Å²) in [5, 5.41) is 2.88. The molecule has 0 radical (unpaired) electrons. The van der Waals surface area contributed by atoms with Crippen molar-refractivity contribution in [1.82, 2.24) is 10.2 Å². The largest absolute Gasteiger partial charge is 0.353 e. The van der Waals surface area contributed by atoms with Crippen molar-refractivity contribution in [1.29, 1.82) is 0 Å². The average molecular weight is 229 g/mol. The van der Waals surface area contributed by atoms with E-state index in [2.05, 4.69) is 37.9 Å². The van der Waals surface area contributed by atoms with Gasteiger partial charge in [0.25, 0.3) is 0 Å². The van der Waals surface area contributed by atoms with E-state index in [9.17, 15) is 4.79 Å². The van der Waals surface area contributed by atoms with Crippen molar-refractivity contribution in [3.8, 4) is 0 Å². The Morgan fingerprint density at radius 1 is 1.31 bits per heavy atom. The standard InChI is InChI=1S/C12H27N3O/c1-5-15(6-2)8-7-14-12(16)11(13)9-10(3)4/h10-11H,5-9,13H2,1-4H3,(H,14,16)/t11-/m0/s1. The number of carbonyl (C=O) groups is 1. The quantitative estimate of drug-likeness (QED) is 0.648. The summed E-state index contributed by atoms with van der Waals surface area (Å²) in [7, 11) is 0. The zero-order valence-electron chi connectivity index (χ0n) is 11.1. The van der Waals surface area contributed by atoms with Crippen LogP contribution in [-0.4, -0.2) is 43.0 Å². The van der Waals surface area contributed by atoms with Crippen LogP contribution in [0.1, 0.15) is 34.1 Å². The van der Waals surface area contributed by atoms with Crippen molar-refractivity contribution in [2.75, 3.05) is 26.2 Å². The molecule has 1 amide bonds. The fourth-order valence-electron chi connectivity index (χ4n) is 1.62. The topological polar surface area (TPSA) is 58.4 Å². The molecule has 0 aliphatic heterocycles. The van der Waals surface area contributed by atoms with E-state index in [1.54, 1.807) is 0 Å². The number of likely N-dealkylation sites (N-methyl/N-ethyl adjacent to an activating group) is 1. The Hall–Kier alpha value is -0.610. The van der Waals surface area contributed by atoms with Crippen LogP contribution in [0.5, 0.6) is 0 Å². The maximum atomic E-state index is 11.6. The predicted octanol–water partition coefficient (Wildman–Crippen LogP) is 0.818. The van der Waals surface area contributed by atoms with Crippen LogP contribution >= 0.6 is 0 Å². The molecular weight excluding hydrogens is 202 g/mol. The highest BCUT2D eigenvalue weighted by Crippen LogP contribution is 2.02. The molecule has 4 heteroatoms. The first-order valence-electron chi connectivity index (χ1n) is 6.26. The van der Waals surface area contributed by atoms with Gasteiger partial charge in [0.2, 0.25) is 5.91 Å². The molecule has 0 aliphatic carbocycles. The summed E-state index contributed by atoms with van der Waals surface area (Å²) in [6, 6.07) is -0.364. The first-order chi connectivity index (χ1) is 7.51. The van der Waals surface area contributed by atoms with Crippen LogP contribution in [-0.2, 0) is 4.79 Å². The van der Waals surface area contributed by atoms with Gasteiger partial charge in [0.1, 0.15) is 0 Å². The maximum Gasteiger partial charge on any atom is 0.236 e. The van der Waals surface area contributed by atoms with Crippen LogP contribution < -0.4 is 11.1 Å². The van der Waals surface area contributed by atoms with E-state index in [-0.39, 0.29) is 11.9 Å². The van der Waals surface area contributed by atoms with E-state index in [0.717, 1.165) is 26.1 Å². The molecule has 0 aromatic rings. The van der Waals surface area contributed by atoms with Gasteiger partial charge in [-0.2, -0.15) is 0 Å². The van der Waals surface area contributed by atoms with E-state index in [1.165, 1.54) is 0 Å². The number of amides is 1. The van der Waals surface area contributed by atoms with Gasteiger partial charge in [-0.3, -0.25) is 4.79 Å². The molecule has 3 N–H and O–H groups in total. The number of carbonyl (C=O) groups excluding carboxylic acids is 1. The second-order valence-corrected chi connectivity index (χ2v) is 4.55. The van der Waals surface area contributed by atoms with Gasteiger partial charge in [-0.1, -0.05) is 27.7 Å². The monoisotopic (exact) mass is 229 g/mol. The first kappa shape index (κ1) is 15.4. The Balaban J connectivity index is 3.72. The van der Waals surface area contributed by atoms with Crippen LogP contribution in [0, 0.1) is 5.92 Å². The Morgan fingerprint density at radius 2 is 1.88 bits per heavy atom. The summed E-state index contributed by atoms with van der Waals surface area (Å²) in [4.78, 5) is 13.9.